The summed E-state index contributed by atoms with van der Waals surface area (Å²) in [6.07, 6.45) is 1.61. The number of aromatic nitrogens is 2. The number of rotatable bonds is 1. The second kappa shape index (κ2) is 4.74. The molecule has 0 bridgehead atoms. The predicted octanol–water partition coefficient (Wildman–Crippen LogP) is 3.26. The Balaban J connectivity index is 0.00000133. The number of nitrogens with one attached hydrogen (secondary N) is 1. The molecular weight excluding hydrogens is 305 g/mol. The van der Waals surface area contributed by atoms with Crippen molar-refractivity contribution >= 4 is 41.3 Å². The first-order valence-electron chi connectivity index (χ1n) is 5.43. The third kappa shape index (κ3) is 2.33. The van der Waals surface area contributed by atoms with Crippen molar-refractivity contribution in [1.82, 2.24) is 15.3 Å². The van der Waals surface area contributed by atoms with Crippen LogP contribution in [0.5, 0.6) is 0 Å². The van der Waals surface area contributed by atoms with Crippen LogP contribution in [-0.4, -0.2) is 15.9 Å². The highest BCUT2D eigenvalue weighted by Crippen LogP contribution is 2.40. The van der Waals surface area contributed by atoms with Crippen LogP contribution in [0.2, 0.25) is 5.28 Å². The Hall–Kier alpha value is -1.17. The molecule has 0 aliphatic carbocycles. The van der Waals surface area contributed by atoms with Crippen LogP contribution in [0.15, 0.2) is 18.3 Å². The maximum Gasteiger partial charge on any atom is 0.253 e. The van der Waals surface area contributed by atoms with E-state index in [4.69, 9.17) is 11.6 Å². The van der Waals surface area contributed by atoms with Gasteiger partial charge in [0.25, 0.3) is 5.91 Å². The highest BCUT2D eigenvalue weighted by Gasteiger charge is 2.37. The van der Waals surface area contributed by atoms with Crippen LogP contribution in [-0.2, 0) is 5.54 Å². The minimum atomic E-state index is -0.313. The minimum Gasteiger partial charge on any atom is -0.342 e. The Morgan fingerprint density at radius 1 is 1.42 bits per heavy atom. The topological polar surface area (TPSA) is 54.9 Å². The Kier molecular flexibility index (Phi) is 3.55. The Morgan fingerprint density at radius 3 is 2.79 bits per heavy atom. The zero-order valence-corrected chi connectivity index (χ0v) is 12.6. The molecule has 4 nitrogen and oxygen atoms in total. The monoisotopic (exact) mass is 315 g/mol. The van der Waals surface area contributed by atoms with Crippen molar-refractivity contribution in [3.8, 4) is 10.6 Å². The van der Waals surface area contributed by atoms with Gasteiger partial charge in [-0.05, 0) is 37.6 Å². The predicted molar refractivity (Wildman–Crippen MR) is 78.1 cm³/mol. The Morgan fingerprint density at radius 2 is 2.16 bits per heavy atom. The van der Waals surface area contributed by atoms with E-state index in [1.807, 2.05) is 19.9 Å². The average Bonchev–Trinajstić information content (AvgIpc) is 2.80. The lowest BCUT2D eigenvalue weighted by Crippen LogP contribution is -2.32. The number of hydrogen-bond acceptors (Lipinski definition) is 4. The van der Waals surface area contributed by atoms with Gasteiger partial charge in [0, 0.05) is 11.1 Å². The number of hydrogen-bond donors (Lipinski definition) is 1. The number of fused-ring (bicyclic) bond motifs is 1. The zero-order chi connectivity index (χ0) is 12.9. The first-order valence-corrected chi connectivity index (χ1v) is 6.62. The lowest BCUT2D eigenvalue weighted by molar-refractivity contribution is 0.0940. The standard InChI is InChI=1S/C12H10ClN3OS.ClH/c1-12(2)9-6(10(17)16-12)5-8(18-9)7-3-4-14-11(13)15-7;/h3-5H,1-2H3,(H,16,17);1H. The molecule has 0 atom stereocenters. The van der Waals surface area contributed by atoms with Gasteiger partial charge in [-0.25, -0.2) is 9.97 Å². The van der Waals surface area contributed by atoms with E-state index in [9.17, 15) is 4.79 Å². The summed E-state index contributed by atoms with van der Waals surface area (Å²) in [5, 5.41) is 3.15. The van der Waals surface area contributed by atoms with Gasteiger partial charge in [0.15, 0.2) is 0 Å². The van der Waals surface area contributed by atoms with Gasteiger partial charge in [0.1, 0.15) is 0 Å². The summed E-state index contributed by atoms with van der Waals surface area (Å²) in [6.45, 7) is 3.98. The van der Waals surface area contributed by atoms with Crippen LogP contribution in [0.25, 0.3) is 10.6 Å². The maximum absolute atomic E-state index is 11.8. The molecule has 0 spiro atoms. The fourth-order valence-electron chi connectivity index (χ4n) is 2.03. The molecule has 1 aliphatic rings. The van der Waals surface area contributed by atoms with Crippen LogP contribution in [0.3, 0.4) is 0 Å². The molecule has 3 rings (SSSR count). The van der Waals surface area contributed by atoms with Gasteiger partial charge in [-0.2, -0.15) is 0 Å². The van der Waals surface area contributed by atoms with E-state index in [0.717, 1.165) is 21.0 Å². The molecule has 3 heterocycles. The minimum absolute atomic E-state index is 0. The quantitative estimate of drug-likeness (QED) is 0.822. The van der Waals surface area contributed by atoms with Crippen molar-refractivity contribution in [3.05, 3.63) is 34.1 Å². The molecule has 7 heteroatoms. The SMILES string of the molecule is CC1(C)NC(=O)c2cc(-c3ccnc(Cl)n3)sc21.Cl. The second-order valence-electron chi connectivity index (χ2n) is 4.64. The van der Waals surface area contributed by atoms with Crippen molar-refractivity contribution in [1.29, 1.82) is 0 Å². The van der Waals surface area contributed by atoms with Crippen molar-refractivity contribution < 1.29 is 4.79 Å². The fourth-order valence-corrected chi connectivity index (χ4v) is 3.36. The van der Waals surface area contributed by atoms with Gasteiger partial charge in [-0.15, -0.1) is 23.7 Å². The molecule has 1 N–H and O–H groups in total. The molecule has 0 unspecified atom stereocenters. The Bertz CT molecular complexity index is 654. The normalized spacial score (nSPS) is 15.6. The van der Waals surface area contributed by atoms with Crippen molar-refractivity contribution in [2.75, 3.05) is 0 Å². The number of nitrogens with zero attached hydrogens (tertiary/aromatic N) is 2. The van der Waals surface area contributed by atoms with Crippen LogP contribution in [0.4, 0.5) is 0 Å². The van der Waals surface area contributed by atoms with Gasteiger partial charge in [0.2, 0.25) is 5.28 Å². The molecule has 19 heavy (non-hydrogen) atoms. The average molecular weight is 316 g/mol. The van der Waals surface area contributed by atoms with Gasteiger partial charge in [-0.3, -0.25) is 4.79 Å². The molecule has 2 aromatic rings. The van der Waals surface area contributed by atoms with Crippen molar-refractivity contribution in [3.63, 3.8) is 0 Å². The summed E-state index contributed by atoms with van der Waals surface area (Å²) in [6, 6.07) is 3.65. The first-order chi connectivity index (χ1) is 8.47. The molecule has 1 aliphatic heterocycles. The zero-order valence-electron chi connectivity index (χ0n) is 10.2. The smallest absolute Gasteiger partial charge is 0.253 e. The molecule has 2 aromatic heterocycles. The van der Waals surface area contributed by atoms with Crippen LogP contribution in [0.1, 0.15) is 29.1 Å². The number of thiophene rings is 1. The number of halogens is 2. The maximum atomic E-state index is 11.8. The third-order valence-corrected chi connectivity index (χ3v) is 4.51. The molecule has 0 saturated heterocycles. The van der Waals surface area contributed by atoms with E-state index in [1.165, 1.54) is 0 Å². The van der Waals surface area contributed by atoms with Crippen molar-refractivity contribution in [2.24, 2.45) is 0 Å². The van der Waals surface area contributed by atoms with Crippen LogP contribution < -0.4 is 5.32 Å². The van der Waals surface area contributed by atoms with E-state index in [1.54, 1.807) is 23.6 Å². The van der Waals surface area contributed by atoms with Gasteiger partial charge in [-0.1, -0.05) is 0 Å². The van der Waals surface area contributed by atoms with Gasteiger partial charge >= 0.3 is 0 Å². The molecule has 0 radical (unpaired) electrons. The summed E-state index contributed by atoms with van der Waals surface area (Å²) in [7, 11) is 0. The highest BCUT2D eigenvalue weighted by atomic mass is 35.5. The van der Waals surface area contributed by atoms with Crippen LogP contribution in [0, 0.1) is 0 Å². The lowest BCUT2D eigenvalue weighted by Gasteiger charge is -2.17. The lowest BCUT2D eigenvalue weighted by atomic mass is 10.1. The van der Waals surface area contributed by atoms with E-state index < -0.39 is 0 Å². The van der Waals surface area contributed by atoms with E-state index in [0.29, 0.717) is 0 Å². The molecule has 0 saturated carbocycles. The number of carbonyl (C=O) groups is 1. The molecule has 100 valence electrons. The second-order valence-corrected chi connectivity index (χ2v) is 6.03. The molecular formula is C12H11Cl2N3OS. The van der Waals surface area contributed by atoms with Gasteiger partial charge in [0.05, 0.1) is 21.7 Å². The third-order valence-electron chi connectivity index (χ3n) is 2.85. The van der Waals surface area contributed by atoms with Gasteiger partial charge < -0.3 is 5.32 Å². The molecule has 0 fully saturated rings. The summed E-state index contributed by atoms with van der Waals surface area (Å²) < 4.78 is 0. The van der Waals surface area contributed by atoms with Crippen LogP contribution >= 0.6 is 35.3 Å². The first kappa shape index (κ1) is 14.2. The summed E-state index contributed by atoms with van der Waals surface area (Å²) in [5.41, 5.74) is 1.17. The fraction of sp³-hybridized carbons (Fsp3) is 0.250. The van der Waals surface area contributed by atoms with Crippen molar-refractivity contribution in [2.45, 2.75) is 19.4 Å². The molecule has 0 aromatic carbocycles. The van der Waals surface area contributed by atoms with E-state index >= 15 is 0 Å². The number of carbonyl (C=O) groups excluding carboxylic acids is 1. The van der Waals surface area contributed by atoms with E-state index in [-0.39, 0.29) is 29.1 Å². The van der Waals surface area contributed by atoms with E-state index in [2.05, 4.69) is 15.3 Å². The molecule has 1 amide bonds. The summed E-state index contributed by atoms with van der Waals surface area (Å²) in [5.74, 6) is -0.0300. The summed E-state index contributed by atoms with van der Waals surface area (Å²) >= 11 is 7.34. The Labute approximate surface area is 125 Å². The number of amides is 1. The largest absolute Gasteiger partial charge is 0.342 e. The highest BCUT2D eigenvalue weighted by molar-refractivity contribution is 7.16. The summed E-state index contributed by atoms with van der Waals surface area (Å²) in [4.78, 5) is 21.8.